The molecule has 0 spiro atoms. The van der Waals surface area contributed by atoms with Crippen LogP contribution in [-0.4, -0.2) is 24.5 Å². The molecule has 2 atom stereocenters. The highest BCUT2D eigenvalue weighted by molar-refractivity contribution is 5.15. The molecular weight excluding hydrogens is 158 g/mol. The zero-order valence-electron chi connectivity index (χ0n) is 8.13. The number of hydrogen-bond donors (Lipinski definition) is 0. The highest BCUT2D eigenvalue weighted by Gasteiger charge is 2.46. The van der Waals surface area contributed by atoms with Gasteiger partial charge in [0.2, 0.25) is 0 Å². The summed E-state index contributed by atoms with van der Waals surface area (Å²) in [6.07, 6.45) is 10.8. The van der Waals surface area contributed by atoms with Gasteiger partial charge in [-0.25, -0.2) is 0 Å². The monoisotopic (exact) mass is 175 g/mol. The van der Waals surface area contributed by atoms with Gasteiger partial charge >= 0.3 is 0 Å². The van der Waals surface area contributed by atoms with Crippen molar-refractivity contribution in [3.05, 3.63) is 0 Å². The fourth-order valence-electron chi connectivity index (χ4n) is 2.67. The van der Waals surface area contributed by atoms with Crippen molar-refractivity contribution >= 4 is 0 Å². The Morgan fingerprint density at radius 3 is 2.54 bits per heavy atom. The minimum Gasteiger partial charge on any atom is -0.303 e. The zero-order chi connectivity index (χ0) is 8.89. The maximum Gasteiger partial charge on any atom is 0.0325 e. The van der Waals surface area contributed by atoms with Crippen molar-refractivity contribution in [1.29, 1.82) is 0 Å². The molecule has 2 saturated carbocycles. The van der Waals surface area contributed by atoms with Crippen LogP contribution in [-0.2, 0) is 0 Å². The Balaban J connectivity index is 1.46. The Labute approximate surface area is 80.5 Å². The second-order valence-electron chi connectivity index (χ2n) is 5.19. The summed E-state index contributed by atoms with van der Waals surface area (Å²) in [7, 11) is 0. The predicted octanol–water partition coefficient (Wildman–Crippen LogP) is 1.74. The van der Waals surface area contributed by atoms with Gasteiger partial charge in [0.05, 0.1) is 0 Å². The van der Waals surface area contributed by atoms with E-state index in [0.717, 1.165) is 11.8 Å². The second-order valence-corrected chi connectivity index (χ2v) is 5.19. The molecule has 0 N–H and O–H groups in total. The van der Waals surface area contributed by atoms with Crippen LogP contribution in [0, 0.1) is 29.6 Å². The molecule has 2 unspecified atom stereocenters. The van der Waals surface area contributed by atoms with E-state index < -0.39 is 0 Å². The van der Waals surface area contributed by atoms with E-state index in [9.17, 15) is 0 Å². The van der Waals surface area contributed by atoms with Crippen molar-refractivity contribution < 1.29 is 0 Å². The molecule has 0 amide bonds. The van der Waals surface area contributed by atoms with Crippen LogP contribution in [0.15, 0.2) is 0 Å². The first kappa shape index (κ1) is 7.88. The van der Waals surface area contributed by atoms with Gasteiger partial charge in [0.15, 0.2) is 0 Å². The number of hydrogen-bond acceptors (Lipinski definition) is 1. The van der Waals surface area contributed by atoms with Crippen molar-refractivity contribution in [1.82, 2.24) is 4.90 Å². The van der Waals surface area contributed by atoms with Crippen molar-refractivity contribution in [3.8, 4) is 12.3 Å². The maximum absolute atomic E-state index is 5.52. The van der Waals surface area contributed by atoms with Crippen LogP contribution in [0.25, 0.3) is 0 Å². The van der Waals surface area contributed by atoms with Crippen molar-refractivity contribution in [2.75, 3.05) is 19.6 Å². The van der Waals surface area contributed by atoms with Gasteiger partial charge in [0.1, 0.15) is 0 Å². The first-order chi connectivity index (χ1) is 6.31. The van der Waals surface area contributed by atoms with Gasteiger partial charge in [-0.3, -0.25) is 0 Å². The Kier molecular flexibility index (Phi) is 1.52. The summed E-state index contributed by atoms with van der Waals surface area (Å²) in [6, 6.07) is 0. The number of nitrogens with zero attached hydrogens (tertiary/aromatic N) is 1. The molecule has 0 bridgehead atoms. The summed E-state index contributed by atoms with van der Waals surface area (Å²) >= 11 is 0. The van der Waals surface area contributed by atoms with E-state index in [4.69, 9.17) is 6.42 Å². The third-order valence-electron chi connectivity index (χ3n) is 4.12. The number of terminal acetylenes is 1. The van der Waals surface area contributed by atoms with E-state index in [0.29, 0.717) is 5.41 Å². The van der Waals surface area contributed by atoms with Crippen LogP contribution in [0.3, 0.4) is 0 Å². The number of rotatable bonds is 3. The Bertz CT molecular complexity index is 249. The van der Waals surface area contributed by atoms with Gasteiger partial charge < -0.3 is 4.90 Å². The largest absolute Gasteiger partial charge is 0.303 e. The quantitative estimate of drug-likeness (QED) is 0.591. The van der Waals surface area contributed by atoms with Crippen LogP contribution >= 0.6 is 0 Å². The van der Waals surface area contributed by atoms with E-state index in [1.807, 2.05) is 0 Å². The molecule has 0 aromatic carbocycles. The fourth-order valence-corrected chi connectivity index (χ4v) is 2.67. The van der Waals surface area contributed by atoms with E-state index >= 15 is 0 Å². The van der Waals surface area contributed by atoms with Crippen LogP contribution in [0.2, 0.25) is 0 Å². The molecule has 1 nitrogen and oxygen atoms in total. The molecule has 0 radical (unpaired) electrons. The lowest BCUT2D eigenvalue weighted by Crippen LogP contribution is -2.25. The van der Waals surface area contributed by atoms with Gasteiger partial charge in [-0.15, -0.1) is 6.42 Å². The summed E-state index contributed by atoms with van der Waals surface area (Å²) in [5.41, 5.74) is 0.340. The highest BCUT2D eigenvalue weighted by Crippen LogP contribution is 2.49. The van der Waals surface area contributed by atoms with Gasteiger partial charge in [-0.2, -0.15) is 0 Å². The van der Waals surface area contributed by atoms with Crippen molar-refractivity contribution in [2.45, 2.75) is 25.7 Å². The van der Waals surface area contributed by atoms with Crippen LogP contribution < -0.4 is 0 Å². The Hall–Kier alpha value is -0.480. The summed E-state index contributed by atoms with van der Waals surface area (Å²) in [5.74, 6) is 5.11. The molecule has 13 heavy (non-hydrogen) atoms. The Morgan fingerprint density at radius 2 is 2.00 bits per heavy atom. The lowest BCUT2D eigenvalue weighted by molar-refractivity contribution is 0.285. The van der Waals surface area contributed by atoms with Crippen LogP contribution in [0.1, 0.15) is 25.7 Å². The topological polar surface area (TPSA) is 3.24 Å². The van der Waals surface area contributed by atoms with Crippen molar-refractivity contribution in [2.24, 2.45) is 17.3 Å². The van der Waals surface area contributed by atoms with Crippen LogP contribution in [0.4, 0.5) is 0 Å². The molecule has 1 aliphatic heterocycles. The summed E-state index contributed by atoms with van der Waals surface area (Å²) < 4.78 is 0. The number of piperidine rings is 1. The van der Waals surface area contributed by atoms with E-state index in [1.54, 1.807) is 0 Å². The second kappa shape index (κ2) is 2.51. The predicted molar refractivity (Wildman–Crippen MR) is 53.2 cm³/mol. The van der Waals surface area contributed by atoms with Gasteiger partial charge in [0, 0.05) is 18.5 Å². The maximum atomic E-state index is 5.52. The van der Waals surface area contributed by atoms with Gasteiger partial charge in [-0.1, -0.05) is 5.92 Å². The molecule has 2 aliphatic carbocycles. The third-order valence-corrected chi connectivity index (χ3v) is 4.12. The van der Waals surface area contributed by atoms with E-state index in [-0.39, 0.29) is 0 Å². The fraction of sp³-hybridized carbons (Fsp3) is 0.833. The van der Waals surface area contributed by atoms with Gasteiger partial charge in [-0.05, 0) is 44.1 Å². The smallest absolute Gasteiger partial charge is 0.0325 e. The minimum absolute atomic E-state index is 0.340. The third kappa shape index (κ3) is 1.38. The normalized spacial score (nSPS) is 39.6. The van der Waals surface area contributed by atoms with Crippen molar-refractivity contribution in [3.63, 3.8) is 0 Å². The van der Waals surface area contributed by atoms with E-state index in [1.165, 1.54) is 45.3 Å². The first-order valence-corrected chi connectivity index (χ1v) is 5.51. The van der Waals surface area contributed by atoms with E-state index in [2.05, 4.69) is 10.8 Å². The lowest BCUT2D eigenvalue weighted by atomic mass is 10.0. The molecule has 3 aliphatic rings. The lowest BCUT2D eigenvalue weighted by Gasteiger charge is -2.18. The standard InChI is InChI=1S/C12H17N/c1-2-12(3-4-12)5-6-13-8-10-7-11(10)9-13/h1,10-11H,3-9H2. The minimum atomic E-state index is 0.340. The molecule has 0 aromatic heterocycles. The number of likely N-dealkylation sites (tertiary alicyclic amines) is 1. The zero-order valence-corrected chi connectivity index (χ0v) is 8.13. The molecule has 1 heteroatoms. The summed E-state index contributed by atoms with van der Waals surface area (Å²) in [4.78, 5) is 2.62. The molecular formula is C12H17N. The average molecular weight is 175 g/mol. The van der Waals surface area contributed by atoms with Crippen LogP contribution in [0.5, 0.6) is 0 Å². The number of fused-ring (bicyclic) bond motifs is 1. The molecule has 1 heterocycles. The molecule has 0 aromatic rings. The van der Waals surface area contributed by atoms with Gasteiger partial charge in [0.25, 0.3) is 0 Å². The highest BCUT2D eigenvalue weighted by atomic mass is 15.2. The molecule has 3 rings (SSSR count). The SMILES string of the molecule is C#CC1(CCN2CC3CC3C2)CC1. The summed E-state index contributed by atoms with van der Waals surface area (Å²) in [5, 5.41) is 0. The first-order valence-electron chi connectivity index (χ1n) is 5.51. The molecule has 3 fully saturated rings. The summed E-state index contributed by atoms with van der Waals surface area (Å²) in [6.45, 7) is 3.99. The molecule has 70 valence electrons. The average Bonchev–Trinajstić information content (AvgIpc) is 3.05. The molecule has 1 saturated heterocycles. The Morgan fingerprint density at radius 1 is 1.31 bits per heavy atom.